The van der Waals surface area contributed by atoms with Gasteiger partial charge in [0.2, 0.25) is 0 Å². The summed E-state index contributed by atoms with van der Waals surface area (Å²) in [5.41, 5.74) is 0.855. The molecule has 1 aromatic carbocycles. The van der Waals surface area contributed by atoms with Crippen LogP contribution in [0.25, 0.3) is 0 Å². The van der Waals surface area contributed by atoms with E-state index < -0.39 is 0 Å². The van der Waals surface area contributed by atoms with E-state index in [-0.39, 0.29) is 17.8 Å². The molecule has 1 N–H and O–H groups in total. The molecule has 1 amide bonds. The van der Waals surface area contributed by atoms with Crippen LogP contribution < -0.4 is 5.32 Å². The quantitative estimate of drug-likeness (QED) is 0.791. The van der Waals surface area contributed by atoms with Crippen LogP contribution in [0.15, 0.2) is 24.3 Å². The van der Waals surface area contributed by atoms with Crippen molar-refractivity contribution >= 4 is 23.2 Å². The molecule has 1 aliphatic heterocycles. The average molecular weight is 238 g/mol. The summed E-state index contributed by atoms with van der Waals surface area (Å²) in [6.45, 7) is 2.15. The Morgan fingerprint density at radius 2 is 2.06 bits per heavy atom. The number of nitrogens with zero attached hydrogens (tertiary/aromatic N) is 1. The Morgan fingerprint density at radius 3 is 2.56 bits per heavy atom. The molecule has 1 fully saturated rings. The summed E-state index contributed by atoms with van der Waals surface area (Å²) >= 11 is 5.04. The summed E-state index contributed by atoms with van der Waals surface area (Å²) in [6.07, 6.45) is 0. The van der Waals surface area contributed by atoms with E-state index in [1.165, 1.54) is 17.0 Å². The number of benzene rings is 1. The molecule has 0 aliphatic carbocycles. The highest BCUT2D eigenvalue weighted by Crippen LogP contribution is 2.12. The smallest absolute Gasteiger partial charge is 0.251 e. The van der Waals surface area contributed by atoms with Crippen LogP contribution in [0.2, 0.25) is 0 Å². The van der Waals surface area contributed by atoms with Crippen LogP contribution in [-0.4, -0.2) is 22.0 Å². The SMILES string of the molecule is C[C@H]1NC(=S)N(Cc2ccc(F)cc2)C1=O. The molecule has 0 spiro atoms. The van der Waals surface area contributed by atoms with Gasteiger partial charge in [-0.25, -0.2) is 4.39 Å². The Balaban J connectivity index is 2.13. The fourth-order valence-corrected chi connectivity index (χ4v) is 1.91. The van der Waals surface area contributed by atoms with Gasteiger partial charge in [0.25, 0.3) is 5.91 Å². The van der Waals surface area contributed by atoms with Gasteiger partial charge in [-0.15, -0.1) is 0 Å². The zero-order chi connectivity index (χ0) is 11.7. The van der Waals surface area contributed by atoms with Crippen LogP contribution in [0.4, 0.5) is 4.39 Å². The fraction of sp³-hybridized carbons (Fsp3) is 0.273. The molecule has 1 heterocycles. The Hall–Kier alpha value is -1.49. The van der Waals surface area contributed by atoms with Crippen molar-refractivity contribution in [1.82, 2.24) is 10.2 Å². The van der Waals surface area contributed by atoms with Gasteiger partial charge in [-0.05, 0) is 36.8 Å². The second kappa shape index (κ2) is 4.17. The van der Waals surface area contributed by atoms with E-state index in [4.69, 9.17) is 12.2 Å². The molecule has 2 rings (SSSR count). The molecule has 3 nitrogen and oxygen atoms in total. The lowest BCUT2D eigenvalue weighted by molar-refractivity contribution is -0.127. The minimum absolute atomic E-state index is 0.0469. The zero-order valence-electron chi connectivity index (χ0n) is 8.74. The average Bonchev–Trinajstić information content (AvgIpc) is 2.48. The molecule has 5 heteroatoms. The van der Waals surface area contributed by atoms with Crippen LogP contribution >= 0.6 is 12.2 Å². The summed E-state index contributed by atoms with van der Waals surface area (Å²) in [6, 6.07) is 5.77. The topological polar surface area (TPSA) is 32.3 Å². The number of nitrogens with one attached hydrogen (secondary N) is 1. The predicted octanol–water partition coefficient (Wildman–Crippen LogP) is 1.43. The molecule has 84 valence electrons. The Bertz CT molecular complexity index is 432. The minimum atomic E-state index is -0.287. The lowest BCUT2D eigenvalue weighted by atomic mass is 10.2. The highest BCUT2D eigenvalue weighted by molar-refractivity contribution is 7.80. The number of thiocarbonyl (C=S) groups is 1. The van der Waals surface area contributed by atoms with Crippen molar-refractivity contribution in [3.8, 4) is 0 Å². The molecule has 0 radical (unpaired) electrons. The van der Waals surface area contributed by atoms with Crippen LogP contribution in [0.3, 0.4) is 0 Å². The van der Waals surface area contributed by atoms with E-state index in [0.717, 1.165) is 5.56 Å². The number of carbonyl (C=O) groups is 1. The summed E-state index contributed by atoms with van der Waals surface area (Å²) in [7, 11) is 0. The molecule has 0 saturated carbocycles. The van der Waals surface area contributed by atoms with Gasteiger partial charge in [0.15, 0.2) is 5.11 Å². The molecule has 0 aromatic heterocycles. The monoisotopic (exact) mass is 238 g/mol. The van der Waals surface area contributed by atoms with Crippen molar-refractivity contribution < 1.29 is 9.18 Å². The molecule has 16 heavy (non-hydrogen) atoms. The molecule has 1 aromatic rings. The van der Waals surface area contributed by atoms with Gasteiger partial charge in [0, 0.05) is 0 Å². The maximum absolute atomic E-state index is 12.7. The van der Waals surface area contributed by atoms with Crippen molar-refractivity contribution in [3.05, 3.63) is 35.6 Å². The van der Waals surface area contributed by atoms with Gasteiger partial charge >= 0.3 is 0 Å². The van der Waals surface area contributed by atoms with Crippen LogP contribution in [0, 0.1) is 5.82 Å². The molecular weight excluding hydrogens is 227 g/mol. The second-order valence-electron chi connectivity index (χ2n) is 3.72. The zero-order valence-corrected chi connectivity index (χ0v) is 9.55. The van der Waals surface area contributed by atoms with Crippen LogP contribution in [0.1, 0.15) is 12.5 Å². The largest absolute Gasteiger partial charge is 0.351 e. The van der Waals surface area contributed by atoms with Gasteiger partial charge in [-0.2, -0.15) is 0 Å². The number of hydrogen-bond donors (Lipinski definition) is 1. The van der Waals surface area contributed by atoms with E-state index in [1.54, 1.807) is 19.1 Å². The second-order valence-corrected chi connectivity index (χ2v) is 4.11. The number of hydrogen-bond acceptors (Lipinski definition) is 2. The third-order valence-electron chi connectivity index (χ3n) is 2.48. The van der Waals surface area contributed by atoms with E-state index in [1.807, 2.05) is 0 Å². The van der Waals surface area contributed by atoms with E-state index in [0.29, 0.717) is 11.7 Å². The van der Waals surface area contributed by atoms with Crippen LogP contribution in [-0.2, 0) is 11.3 Å². The lowest BCUT2D eigenvalue weighted by Gasteiger charge is -2.14. The maximum Gasteiger partial charge on any atom is 0.251 e. The first-order valence-corrected chi connectivity index (χ1v) is 5.35. The van der Waals surface area contributed by atoms with Gasteiger partial charge < -0.3 is 5.32 Å². The summed E-state index contributed by atoms with van der Waals surface area (Å²) < 4.78 is 12.7. The number of carbonyl (C=O) groups excluding carboxylic acids is 1. The minimum Gasteiger partial charge on any atom is -0.351 e. The predicted molar refractivity (Wildman–Crippen MR) is 62.1 cm³/mol. The van der Waals surface area contributed by atoms with Gasteiger partial charge in [0.05, 0.1) is 6.54 Å². The first-order chi connectivity index (χ1) is 7.58. The van der Waals surface area contributed by atoms with Crippen molar-refractivity contribution in [3.63, 3.8) is 0 Å². The molecule has 0 bridgehead atoms. The Morgan fingerprint density at radius 1 is 1.44 bits per heavy atom. The molecule has 0 unspecified atom stereocenters. The van der Waals surface area contributed by atoms with Crippen molar-refractivity contribution in [1.29, 1.82) is 0 Å². The van der Waals surface area contributed by atoms with E-state index in [9.17, 15) is 9.18 Å². The Kier molecular flexibility index (Phi) is 2.87. The summed E-state index contributed by atoms with van der Waals surface area (Å²) in [4.78, 5) is 13.2. The first-order valence-electron chi connectivity index (χ1n) is 4.94. The third-order valence-corrected chi connectivity index (χ3v) is 2.81. The molecule has 1 aliphatic rings. The summed E-state index contributed by atoms with van der Waals surface area (Å²) in [5, 5.41) is 3.31. The van der Waals surface area contributed by atoms with E-state index in [2.05, 4.69) is 5.32 Å². The van der Waals surface area contributed by atoms with Crippen LogP contribution in [0.5, 0.6) is 0 Å². The summed E-state index contributed by atoms with van der Waals surface area (Å²) in [5.74, 6) is -0.333. The lowest BCUT2D eigenvalue weighted by Crippen LogP contribution is -2.30. The third kappa shape index (κ3) is 2.04. The number of rotatable bonds is 2. The van der Waals surface area contributed by atoms with Gasteiger partial charge in [-0.1, -0.05) is 12.1 Å². The standard InChI is InChI=1S/C11H11FN2OS/c1-7-10(15)14(11(16)13-7)6-8-2-4-9(12)5-3-8/h2-5,7H,6H2,1H3,(H,13,16)/t7-/m1/s1. The Labute approximate surface area is 98.2 Å². The van der Waals surface area contributed by atoms with E-state index >= 15 is 0 Å². The highest BCUT2D eigenvalue weighted by Gasteiger charge is 2.31. The van der Waals surface area contributed by atoms with Crippen molar-refractivity contribution in [2.75, 3.05) is 0 Å². The molecular formula is C11H11FN2OS. The molecule has 1 saturated heterocycles. The number of amides is 1. The fourth-order valence-electron chi connectivity index (χ4n) is 1.58. The highest BCUT2D eigenvalue weighted by atomic mass is 32.1. The first kappa shape index (κ1) is 11.0. The van der Waals surface area contributed by atoms with Crippen molar-refractivity contribution in [2.45, 2.75) is 19.5 Å². The van der Waals surface area contributed by atoms with Gasteiger partial charge in [0.1, 0.15) is 11.9 Å². The van der Waals surface area contributed by atoms with Gasteiger partial charge in [-0.3, -0.25) is 9.69 Å². The normalized spacial score (nSPS) is 20.1. The maximum atomic E-state index is 12.7. The number of halogens is 1. The van der Waals surface area contributed by atoms with Crippen molar-refractivity contribution in [2.24, 2.45) is 0 Å². The molecule has 1 atom stereocenters.